The first-order valence-electron chi connectivity index (χ1n) is 6.44. The summed E-state index contributed by atoms with van der Waals surface area (Å²) in [6, 6.07) is 5.34. The largest absolute Gasteiger partial charge is 0.486 e. The molecule has 0 saturated carbocycles. The quantitative estimate of drug-likeness (QED) is 0.842. The Morgan fingerprint density at radius 1 is 1.30 bits per heavy atom. The summed E-state index contributed by atoms with van der Waals surface area (Å²) in [6.07, 6.45) is -4.47. The van der Waals surface area contributed by atoms with Gasteiger partial charge in [-0.2, -0.15) is 13.2 Å². The van der Waals surface area contributed by atoms with Crippen molar-refractivity contribution < 1.29 is 27.1 Å². The van der Waals surface area contributed by atoms with Crippen LogP contribution in [0.1, 0.15) is 20.4 Å². The lowest BCUT2D eigenvalue weighted by atomic mass is 10.3. The number of ether oxygens (including phenoxy) is 1. The standard InChI is InChI=1S/C14H12F4N2O2S/c1-8-12(13(21)19-7-14(16,17)18)23-11(20-8)6-22-10-4-2-9(15)3-5-10/h2-5H,6-7H2,1H3,(H,19,21). The summed E-state index contributed by atoms with van der Waals surface area (Å²) in [5.41, 5.74) is 0.326. The summed E-state index contributed by atoms with van der Waals surface area (Å²) in [4.78, 5) is 15.9. The monoisotopic (exact) mass is 348 g/mol. The van der Waals surface area contributed by atoms with Gasteiger partial charge >= 0.3 is 6.18 Å². The van der Waals surface area contributed by atoms with Crippen molar-refractivity contribution in [2.45, 2.75) is 19.7 Å². The lowest BCUT2D eigenvalue weighted by molar-refractivity contribution is -0.123. The third-order valence-electron chi connectivity index (χ3n) is 2.67. The van der Waals surface area contributed by atoms with Gasteiger partial charge in [-0.25, -0.2) is 9.37 Å². The molecular formula is C14H12F4N2O2S. The van der Waals surface area contributed by atoms with Crippen LogP contribution in [0.3, 0.4) is 0 Å². The average Bonchev–Trinajstić information content (AvgIpc) is 2.84. The number of benzene rings is 1. The summed E-state index contributed by atoms with van der Waals surface area (Å²) in [6.45, 7) is 0.161. The van der Waals surface area contributed by atoms with E-state index >= 15 is 0 Å². The summed E-state index contributed by atoms with van der Waals surface area (Å²) >= 11 is 0.951. The Labute approximate surface area is 133 Å². The highest BCUT2D eigenvalue weighted by atomic mass is 32.1. The Hall–Kier alpha value is -2.16. The summed E-state index contributed by atoms with van der Waals surface area (Å²) in [5.74, 6) is -0.807. The molecule has 1 N–H and O–H groups in total. The molecule has 0 aliphatic rings. The number of rotatable bonds is 5. The first kappa shape index (κ1) is 17.2. The number of aromatic nitrogens is 1. The molecule has 0 fully saturated rings. The SMILES string of the molecule is Cc1nc(COc2ccc(F)cc2)sc1C(=O)NCC(F)(F)F. The number of halogens is 4. The molecule has 0 aliphatic heterocycles. The van der Waals surface area contributed by atoms with Crippen molar-refractivity contribution in [1.82, 2.24) is 10.3 Å². The number of thiazole rings is 1. The molecule has 1 amide bonds. The van der Waals surface area contributed by atoms with Crippen LogP contribution in [0.5, 0.6) is 5.75 Å². The third kappa shape index (κ3) is 5.20. The Morgan fingerprint density at radius 2 is 1.96 bits per heavy atom. The molecule has 0 bridgehead atoms. The van der Waals surface area contributed by atoms with E-state index in [-0.39, 0.29) is 11.5 Å². The van der Waals surface area contributed by atoms with Crippen LogP contribution in [0.2, 0.25) is 0 Å². The zero-order chi connectivity index (χ0) is 17.0. The number of carbonyl (C=O) groups excluding carboxylic acids is 1. The molecule has 1 aromatic heterocycles. The number of amides is 1. The van der Waals surface area contributed by atoms with Gasteiger partial charge in [-0.3, -0.25) is 4.79 Å². The van der Waals surface area contributed by atoms with Crippen LogP contribution in [0, 0.1) is 12.7 Å². The van der Waals surface area contributed by atoms with E-state index in [2.05, 4.69) is 4.98 Å². The summed E-state index contributed by atoms with van der Waals surface area (Å²) in [5, 5.41) is 2.23. The van der Waals surface area contributed by atoms with Crippen molar-refractivity contribution in [1.29, 1.82) is 0 Å². The van der Waals surface area contributed by atoms with E-state index in [1.807, 2.05) is 0 Å². The molecule has 124 valence electrons. The van der Waals surface area contributed by atoms with Gasteiger partial charge in [0.1, 0.15) is 34.6 Å². The molecule has 0 aliphatic carbocycles. The molecule has 2 aromatic rings. The van der Waals surface area contributed by atoms with Crippen molar-refractivity contribution in [2.24, 2.45) is 0 Å². The highest BCUT2D eigenvalue weighted by molar-refractivity contribution is 7.13. The van der Waals surface area contributed by atoms with E-state index in [1.165, 1.54) is 31.2 Å². The van der Waals surface area contributed by atoms with E-state index < -0.39 is 24.4 Å². The minimum atomic E-state index is -4.47. The van der Waals surface area contributed by atoms with Crippen LogP contribution in [0.4, 0.5) is 17.6 Å². The molecule has 0 saturated heterocycles. The highest BCUT2D eigenvalue weighted by Crippen LogP contribution is 2.21. The van der Waals surface area contributed by atoms with Crippen LogP contribution in [-0.4, -0.2) is 23.6 Å². The predicted molar refractivity (Wildman–Crippen MR) is 76.0 cm³/mol. The van der Waals surface area contributed by atoms with Gasteiger partial charge in [0.15, 0.2) is 0 Å². The van der Waals surface area contributed by atoms with E-state index in [4.69, 9.17) is 4.74 Å². The van der Waals surface area contributed by atoms with Crippen LogP contribution < -0.4 is 10.1 Å². The summed E-state index contributed by atoms with van der Waals surface area (Å²) < 4.78 is 54.4. The number of carbonyl (C=O) groups is 1. The van der Waals surface area contributed by atoms with Crippen LogP contribution in [-0.2, 0) is 6.61 Å². The number of nitrogens with zero attached hydrogens (tertiary/aromatic N) is 1. The van der Waals surface area contributed by atoms with Gasteiger partial charge in [-0.1, -0.05) is 0 Å². The van der Waals surface area contributed by atoms with Gasteiger partial charge in [0.05, 0.1) is 5.69 Å². The summed E-state index contributed by atoms with van der Waals surface area (Å²) in [7, 11) is 0. The second-order valence-electron chi connectivity index (χ2n) is 4.56. The average molecular weight is 348 g/mol. The lowest BCUT2D eigenvalue weighted by Gasteiger charge is -2.07. The molecule has 0 unspecified atom stereocenters. The minimum absolute atomic E-state index is 0.0314. The normalized spacial score (nSPS) is 11.3. The Balaban J connectivity index is 1.97. The number of hydrogen-bond donors (Lipinski definition) is 1. The lowest BCUT2D eigenvalue weighted by Crippen LogP contribution is -2.33. The molecule has 0 atom stereocenters. The van der Waals surface area contributed by atoms with Crippen LogP contribution in [0.25, 0.3) is 0 Å². The maximum atomic E-state index is 12.8. The maximum Gasteiger partial charge on any atom is 0.405 e. The number of alkyl halides is 3. The fourth-order valence-corrected chi connectivity index (χ4v) is 2.56. The molecule has 1 heterocycles. The first-order valence-corrected chi connectivity index (χ1v) is 7.26. The van der Waals surface area contributed by atoms with Crippen molar-refractivity contribution in [3.63, 3.8) is 0 Å². The number of aryl methyl sites for hydroxylation is 1. The molecule has 0 radical (unpaired) electrons. The van der Waals surface area contributed by atoms with Gasteiger partial charge in [-0.15, -0.1) is 11.3 Å². The maximum absolute atomic E-state index is 12.8. The third-order valence-corrected chi connectivity index (χ3v) is 3.80. The van der Waals surface area contributed by atoms with Gasteiger partial charge in [-0.05, 0) is 31.2 Å². The van der Waals surface area contributed by atoms with E-state index in [0.29, 0.717) is 16.5 Å². The Bertz CT molecular complexity index is 683. The molecule has 9 heteroatoms. The highest BCUT2D eigenvalue weighted by Gasteiger charge is 2.28. The Morgan fingerprint density at radius 3 is 2.57 bits per heavy atom. The number of nitrogens with one attached hydrogen (secondary N) is 1. The van der Waals surface area contributed by atoms with Crippen LogP contribution in [0.15, 0.2) is 24.3 Å². The van der Waals surface area contributed by atoms with E-state index in [0.717, 1.165) is 11.3 Å². The van der Waals surface area contributed by atoms with Crippen molar-refractivity contribution >= 4 is 17.2 Å². The zero-order valence-corrected chi connectivity index (χ0v) is 12.7. The van der Waals surface area contributed by atoms with Crippen molar-refractivity contribution in [2.75, 3.05) is 6.54 Å². The van der Waals surface area contributed by atoms with Gasteiger partial charge < -0.3 is 10.1 Å². The second kappa shape index (κ2) is 6.95. The van der Waals surface area contributed by atoms with Crippen molar-refractivity contribution in [3.05, 3.63) is 45.7 Å². The van der Waals surface area contributed by atoms with Gasteiger partial charge in [0.2, 0.25) is 0 Å². The fourth-order valence-electron chi connectivity index (χ4n) is 1.66. The predicted octanol–water partition coefficient (Wildman–Crippen LogP) is 3.46. The molecule has 2 rings (SSSR count). The van der Waals surface area contributed by atoms with Crippen LogP contribution >= 0.6 is 11.3 Å². The molecule has 4 nitrogen and oxygen atoms in total. The molecule has 1 aromatic carbocycles. The van der Waals surface area contributed by atoms with E-state index in [1.54, 1.807) is 5.32 Å². The smallest absolute Gasteiger partial charge is 0.405 e. The second-order valence-corrected chi connectivity index (χ2v) is 5.65. The minimum Gasteiger partial charge on any atom is -0.486 e. The first-order chi connectivity index (χ1) is 10.7. The fraction of sp³-hybridized carbons (Fsp3) is 0.286. The molecular weight excluding hydrogens is 336 g/mol. The zero-order valence-electron chi connectivity index (χ0n) is 11.9. The van der Waals surface area contributed by atoms with Gasteiger partial charge in [0, 0.05) is 0 Å². The van der Waals surface area contributed by atoms with Crippen molar-refractivity contribution in [3.8, 4) is 5.75 Å². The topological polar surface area (TPSA) is 51.2 Å². The molecule has 23 heavy (non-hydrogen) atoms. The van der Waals surface area contributed by atoms with E-state index in [9.17, 15) is 22.4 Å². The Kier molecular flexibility index (Phi) is 5.19. The number of hydrogen-bond acceptors (Lipinski definition) is 4. The van der Waals surface area contributed by atoms with Gasteiger partial charge in [0.25, 0.3) is 5.91 Å². The molecule has 0 spiro atoms.